The average Bonchev–Trinajstić information content (AvgIpc) is 3.22. The van der Waals surface area contributed by atoms with Crippen molar-refractivity contribution in [3.05, 3.63) is 153 Å². The molecule has 0 amide bonds. The number of aliphatic hydroxyl groups is 5. The highest BCUT2D eigenvalue weighted by Gasteiger charge is 2.44. The van der Waals surface area contributed by atoms with E-state index in [0.717, 1.165) is 48.8 Å². The molecule has 7 nitrogen and oxygen atoms in total. The number of aliphatic hydroxyl groups excluding tert-OH is 5. The molecule has 1 saturated heterocycles. The SMILES string of the molecule is CC1=C(/C=C/C(C)=C/C=C/C(C)=C/C=C/C=C(C)/C=C/C=C(C)/C=C/C2=C(C)CC[C@H](C/C=C(\C)CO[C@@H]3O[C@@H](CO)[C@@H](O)[C@H](O)[C@@H]3O)C2(C)C)C(C)(C)[C@@H](C/C=C(\C)CO)CC1. The Labute approximate surface area is 381 Å². The molecule has 0 aromatic rings. The van der Waals surface area contributed by atoms with Gasteiger partial charge in [-0.15, -0.1) is 0 Å². The van der Waals surface area contributed by atoms with Gasteiger partial charge in [-0.2, -0.15) is 0 Å². The van der Waals surface area contributed by atoms with Gasteiger partial charge in [0, 0.05) is 0 Å². The van der Waals surface area contributed by atoms with Crippen molar-refractivity contribution in [1.29, 1.82) is 0 Å². The molecule has 5 N–H and O–H groups in total. The zero-order valence-corrected chi connectivity index (χ0v) is 40.7. The Hall–Kier alpha value is -3.66. The van der Waals surface area contributed by atoms with Crippen LogP contribution in [-0.4, -0.2) is 76.1 Å². The van der Waals surface area contributed by atoms with Gasteiger partial charge in [0.1, 0.15) is 24.4 Å². The molecule has 0 radical (unpaired) electrons. The second-order valence-electron chi connectivity index (χ2n) is 19.5. The van der Waals surface area contributed by atoms with Gasteiger partial charge < -0.3 is 35.0 Å². The van der Waals surface area contributed by atoms with E-state index in [1.807, 2.05) is 13.8 Å². The third kappa shape index (κ3) is 16.4. The predicted octanol–water partition coefficient (Wildman–Crippen LogP) is 11.5. The fourth-order valence-electron chi connectivity index (χ4n) is 8.85. The second-order valence-corrected chi connectivity index (χ2v) is 19.5. The van der Waals surface area contributed by atoms with Crippen LogP contribution in [0.1, 0.15) is 122 Å². The fraction of sp³-hybridized carbons (Fsp3) is 0.536. The lowest BCUT2D eigenvalue weighted by atomic mass is 9.64. The highest BCUT2D eigenvalue weighted by atomic mass is 16.7. The second kappa shape index (κ2) is 25.7. The highest BCUT2D eigenvalue weighted by Crippen LogP contribution is 2.48. The van der Waals surface area contributed by atoms with Gasteiger partial charge in [-0.1, -0.05) is 169 Å². The molecule has 348 valence electrons. The zero-order valence-electron chi connectivity index (χ0n) is 40.7. The van der Waals surface area contributed by atoms with Crippen LogP contribution in [0, 0.1) is 22.7 Å². The topological polar surface area (TPSA) is 120 Å². The number of allylic oxidation sites excluding steroid dienone is 24. The van der Waals surface area contributed by atoms with Gasteiger partial charge >= 0.3 is 0 Å². The summed E-state index contributed by atoms with van der Waals surface area (Å²) in [6.45, 7) is 26.2. The normalized spacial score (nSPS) is 28.7. The summed E-state index contributed by atoms with van der Waals surface area (Å²) in [5.74, 6) is 0.999. The van der Waals surface area contributed by atoms with E-state index in [2.05, 4.69) is 166 Å². The lowest BCUT2D eigenvalue weighted by Crippen LogP contribution is -2.59. The van der Waals surface area contributed by atoms with Crippen molar-refractivity contribution in [2.75, 3.05) is 19.8 Å². The van der Waals surface area contributed by atoms with E-state index in [1.165, 1.54) is 45.4 Å². The molecule has 2 aliphatic carbocycles. The van der Waals surface area contributed by atoms with E-state index in [4.69, 9.17) is 9.47 Å². The van der Waals surface area contributed by atoms with Crippen molar-refractivity contribution in [2.24, 2.45) is 22.7 Å². The van der Waals surface area contributed by atoms with Crippen LogP contribution in [0.15, 0.2) is 153 Å². The summed E-state index contributed by atoms with van der Waals surface area (Å²) in [4.78, 5) is 0. The van der Waals surface area contributed by atoms with Crippen molar-refractivity contribution < 1.29 is 35.0 Å². The molecule has 0 unspecified atom stereocenters. The number of ether oxygens (including phenoxy) is 2. The van der Waals surface area contributed by atoms with E-state index >= 15 is 0 Å². The van der Waals surface area contributed by atoms with E-state index in [0.29, 0.717) is 11.8 Å². The molecule has 1 heterocycles. The highest BCUT2D eigenvalue weighted by molar-refractivity contribution is 5.40. The largest absolute Gasteiger partial charge is 0.394 e. The minimum Gasteiger partial charge on any atom is -0.394 e. The van der Waals surface area contributed by atoms with Crippen LogP contribution < -0.4 is 0 Å². The van der Waals surface area contributed by atoms with Crippen molar-refractivity contribution in [3.63, 3.8) is 0 Å². The van der Waals surface area contributed by atoms with Crippen LogP contribution >= 0.6 is 0 Å². The molecule has 0 saturated carbocycles. The molecule has 1 aliphatic heterocycles. The maximum Gasteiger partial charge on any atom is 0.187 e. The summed E-state index contributed by atoms with van der Waals surface area (Å²) in [6, 6.07) is 0. The van der Waals surface area contributed by atoms with Crippen LogP contribution in [0.4, 0.5) is 0 Å². The van der Waals surface area contributed by atoms with Gasteiger partial charge in [-0.25, -0.2) is 0 Å². The molecule has 0 bridgehead atoms. The monoisotopic (exact) mass is 867 g/mol. The molecule has 3 aliphatic rings. The first-order valence-electron chi connectivity index (χ1n) is 23.0. The van der Waals surface area contributed by atoms with E-state index in [-0.39, 0.29) is 24.0 Å². The molecular formula is C56H82O7. The molecule has 63 heavy (non-hydrogen) atoms. The fourth-order valence-corrected chi connectivity index (χ4v) is 8.85. The van der Waals surface area contributed by atoms with Crippen LogP contribution in [-0.2, 0) is 9.47 Å². The lowest BCUT2D eigenvalue weighted by Gasteiger charge is -2.41. The molecule has 7 atom stereocenters. The molecule has 0 spiro atoms. The Morgan fingerprint density at radius 1 is 0.603 bits per heavy atom. The quantitative estimate of drug-likeness (QED) is 0.0648. The van der Waals surface area contributed by atoms with Crippen LogP contribution in [0.2, 0.25) is 0 Å². The van der Waals surface area contributed by atoms with Gasteiger partial charge in [0.2, 0.25) is 0 Å². The Morgan fingerprint density at radius 3 is 1.48 bits per heavy atom. The number of hydrogen-bond donors (Lipinski definition) is 5. The van der Waals surface area contributed by atoms with Crippen molar-refractivity contribution in [2.45, 2.75) is 152 Å². The Bertz CT molecular complexity index is 1930. The Kier molecular flexibility index (Phi) is 21.9. The smallest absolute Gasteiger partial charge is 0.187 e. The van der Waals surface area contributed by atoms with Gasteiger partial charge in [-0.05, 0) is 128 Å². The van der Waals surface area contributed by atoms with E-state index < -0.39 is 37.3 Å². The van der Waals surface area contributed by atoms with Gasteiger partial charge in [-0.3, -0.25) is 0 Å². The average molecular weight is 867 g/mol. The first-order chi connectivity index (χ1) is 29.7. The predicted molar refractivity (Wildman–Crippen MR) is 263 cm³/mol. The number of hydrogen-bond acceptors (Lipinski definition) is 7. The first-order valence-corrected chi connectivity index (χ1v) is 23.0. The lowest BCUT2D eigenvalue weighted by molar-refractivity contribution is -0.299. The Balaban J connectivity index is 1.51. The molecule has 0 aromatic heterocycles. The summed E-state index contributed by atoms with van der Waals surface area (Å²) in [6.07, 6.45) is 34.6. The van der Waals surface area contributed by atoms with Crippen molar-refractivity contribution in [1.82, 2.24) is 0 Å². The molecule has 7 heteroatoms. The molecular weight excluding hydrogens is 785 g/mol. The minimum atomic E-state index is -1.45. The van der Waals surface area contributed by atoms with Crippen molar-refractivity contribution in [3.8, 4) is 0 Å². The number of rotatable bonds is 19. The Morgan fingerprint density at radius 2 is 1.03 bits per heavy atom. The summed E-state index contributed by atoms with van der Waals surface area (Å²) >= 11 is 0. The van der Waals surface area contributed by atoms with E-state index in [1.54, 1.807) is 0 Å². The first kappa shape index (κ1) is 53.7. The molecule has 1 fully saturated rings. The third-order valence-electron chi connectivity index (χ3n) is 13.5. The standard InChI is InChI=1S/C56H82O7/c1-38(19-15-21-40(3)25-33-48-44(7)27-31-46(55(48,9)10)29-23-42(5)35-57)17-13-14-18-39(2)20-16-22-41(4)26-34-49-45(8)28-32-47(56(49,11)12)30-24-43(6)37-62-54-53(61)52(60)51(59)50(36-58)63-54/h13-26,33-34,46-47,50-54,57-61H,27-32,35-37H2,1-12H3/b14-13+,19-15+,20-16+,33-25+,34-26+,38-17+,39-18+,40-21+,41-22+,42-23+,43-24+/t46-,47-,50-,51+,52-,53-,54+/m0/s1. The maximum absolute atomic E-state index is 10.3. The molecule has 3 rings (SSSR count). The molecule has 0 aromatic carbocycles. The summed E-state index contributed by atoms with van der Waals surface area (Å²) in [5, 5.41) is 49.3. The van der Waals surface area contributed by atoms with Gasteiger partial charge in [0.05, 0.1) is 19.8 Å². The summed E-state index contributed by atoms with van der Waals surface area (Å²) in [7, 11) is 0. The van der Waals surface area contributed by atoms with Gasteiger partial charge in [0.25, 0.3) is 0 Å². The zero-order chi connectivity index (χ0) is 46.9. The summed E-state index contributed by atoms with van der Waals surface area (Å²) < 4.78 is 11.3. The minimum absolute atomic E-state index is 0.0288. The van der Waals surface area contributed by atoms with Crippen LogP contribution in [0.25, 0.3) is 0 Å². The van der Waals surface area contributed by atoms with E-state index in [9.17, 15) is 25.5 Å². The third-order valence-corrected chi connectivity index (χ3v) is 13.5. The van der Waals surface area contributed by atoms with Crippen molar-refractivity contribution >= 4 is 0 Å². The van der Waals surface area contributed by atoms with Crippen LogP contribution in [0.5, 0.6) is 0 Å². The maximum atomic E-state index is 10.3. The summed E-state index contributed by atoms with van der Waals surface area (Å²) in [5.41, 5.74) is 12.6. The van der Waals surface area contributed by atoms with Crippen LogP contribution in [0.3, 0.4) is 0 Å². The van der Waals surface area contributed by atoms with Gasteiger partial charge in [0.15, 0.2) is 6.29 Å².